The average molecular weight is 280 g/mol. The van der Waals surface area contributed by atoms with Gasteiger partial charge in [0.1, 0.15) is 0 Å². The second-order valence-electron chi connectivity index (χ2n) is 6.23. The summed E-state index contributed by atoms with van der Waals surface area (Å²) in [5.41, 5.74) is 1.36. The third-order valence-corrected chi connectivity index (χ3v) is 5.59. The Kier molecular flexibility index (Phi) is 3.90. The van der Waals surface area contributed by atoms with E-state index >= 15 is 0 Å². The number of nitrogens with zero attached hydrogens (tertiary/aromatic N) is 2. The van der Waals surface area contributed by atoms with Crippen LogP contribution in [0.25, 0.3) is 0 Å². The van der Waals surface area contributed by atoms with E-state index in [1.807, 2.05) is 18.0 Å². The molecule has 2 unspecified atom stereocenters. The standard InChI is InChI=1S/C15H24N2OS/c1-10(2)12-9-16-15(17(12)11-7-8-11)19-14-6-4-3-5-13(14)18/h9-11,13-14,18H,3-8H2,1-2H3. The molecule has 0 saturated heterocycles. The lowest BCUT2D eigenvalue weighted by Crippen LogP contribution is -2.27. The zero-order valence-corrected chi connectivity index (χ0v) is 12.7. The first-order valence-electron chi connectivity index (χ1n) is 7.58. The van der Waals surface area contributed by atoms with Crippen molar-refractivity contribution in [2.45, 2.75) is 80.8 Å². The van der Waals surface area contributed by atoms with Crippen LogP contribution in [0.4, 0.5) is 0 Å². The zero-order chi connectivity index (χ0) is 13.4. The zero-order valence-electron chi connectivity index (χ0n) is 11.9. The third kappa shape index (κ3) is 2.84. The first-order chi connectivity index (χ1) is 9.16. The fourth-order valence-electron chi connectivity index (χ4n) is 2.92. The molecule has 0 aromatic carbocycles. The van der Waals surface area contributed by atoms with E-state index in [1.165, 1.54) is 31.4 Å². The monoisotopic (exact) mass is 280 g/mol. The molecule has 1 N–H and O–H groups in total. The SMILES string of the molecule is CC(C)c1cnc(SC2CCCCC2O)n1C1CC1. The fourth-order valence-corrected chi connectivity index (χ4v) is 4.25. The van der Waals surface area contributed by atoms with E-state index in [-0.39, 0.29) is 6.10 Å². The molecule has 0 aliphatic heterocycles. The Balaban J connectivity index is 1.80. The maximum Gasteiger partial charge on any atom is 0.168 e. The summed E-state index contributed by atoms with van der Waals surface area (Å²) in [7, 11) is 0. The van der Waals surface area contributed by atoms with Crippen molar-refractivity contribution in [3.05, 3.63) is 11.9 Å². The summed E-state index contributed by atoms with van der Waals surface area (Å²) in [5, 5.41) is 11.6. The van der Waals surface area contributed by atoms with Gasteiger partial charge in [0, 0.05) is 23.2 Å². The summed E-state index contributed by atoms with van der Waals surface area (Å²) >= 11 is 1.81. The van der Waals surface area contributed by atoms with Crippen LogP contribution in [0.2, 0.25) is 0 Å². The molecule has 0 amide bonds. The lowest BCUT2D eigenvalue weighted by Gasteiger charge is -2.27. The van der Waals surface area contributed by atoms with Crippen molar-refractivity contribution in [2.24, 2.45) is 0 Å². The topological polar surface area (TPSA) is 38.1 Å². The molecule has 2 fully saturated rings. The number of aliphatic hydroxyl groups excluding tert-OH is 1. The maximum atomic E-state index is 10.1. The molecule has 2 saturated carbocycles. The van der Waals surface area contributed by atoms with E-state index in [9.17, 15) is 5.11 Å². The van der Waals surface area contributed by atoms with Crippen LogP contribution in [0.1, 0.15) is 70.0 Å². The first kappa shape index (κ1) is 13.5. The Bertz CT molecular complexity index is 439. The Labute approximate surface area is 119 Å². The number of hydrogen-bond donors (Lipinski definition) is 1. The van der Waals surface area contributed by atoms with Crippen LogP contribution in [0.3, 0.4) is 0 Å². The number of rotatable bonds is 4. The molecule has 0 bridgehead atoms. The molecule has 3 rings (SSSR count). The van der Waals surface area contributed by atoms with E-state index < -0.39 is 0 Å². The van der Waals surface area contributed by atoms with Crippen molar-refractivity contribution in [1.29, 1.82) is 0 Å². The summed E-state index contributed by atoms with van der Waals surface area (Å²) in [5.74, 6) is 0.527. The number of imidazole rings is 1. The maximum absolute atomic E-state index is 10.1. The van der Waals surface area contributed by atoms with Gasteiger partial charge in [-0.3, -0.25) is 0 Å². The third-order valence-electron chi connectivity index (χ3n) is 4.22. The molecular weight excluding hydrogens is 256 g/mol. The van der Waals surface area contributed by atoms with Gasteiger partial charge in [0.2, 0.25) is 0 Å². The molecule has 2 aliphatic rings. The molecule has 19 heavy (non-hydrogen) atoms. The molecular formula is C15H24N2OS. The first-order valence-corrected chi connectivity index (χ1v) is 8.46. The van der Waals surface area contributed by atoms with E-state index in [4.69, 9.17) is 0 Å². The summed E-state index contributed by atoms with van der Waals surface area (Å²) in [6, 6.07) is 0.670. The van der Waals surface area contributed by atoms with Gasteiger partial charge in [0.15, 0.2) is 5.16 Å². The quantitative estimate of drug-likeness (QED) is 0.913. The number of aliphatic hydroxyl groups is 1. The van der Waals surface area contributed by atoms with Crippen LogP contribution in [0.5, 0.6) is 0 Å². The minimum atomic E-state index is -0.148. The molecule has 2 atom stereocenters. The van der Waals surface area contributed by atoms with Crippen LogP contribution in [-0.4, -0.2) is 26.0 Å². The van der Waals surface area contributed by atoms with Crippen molar-refractivity contribution in [1.82, 2.24) is 9.55 Å². The highest BCUT2D eigenvalue weighted by Gasteiger charge is 2.32. The molecule has 4 heteroatoms. The minimum Gasteiger partial charge on any atom is -0.392 e. The van der Waals surface area contributed by atoms with Crippen molar-refractivity contribution in [3.63, 3.8) is 0 Å². The molecule has 106 valence electrons. The molecule has 3 nitrogen and oxygen atoms in total. The highest BCUT2D eigenvalue weighted by Crippen LogP contribution is 2.43. The van der Waals surface area contributed by atoms with E-state index in [0.29, 0.717) is 17.2 Å². The lowest BCUT2D eigenvalue weighted by molar-refractivity contribution is 0.136. The minimum absolute atomic E-state index is 0.148. The van der Waals surface area contributed by atoms with Gasteiger partial charge in [-0.2, -0.15) is 0 Å². The predicted molar refractivity (Wildman–Crippen MR) is 78.7 cm³/mol. The predicted octanol–water partition coefficient (Wildman–Crippen LogP) is 3.74. The normalized spacial score (nSPS) is 28.0. The van der Waals surface area contributed by atoms with Crippen LogP contribution in [0, 0.1) is 0 Å². The molecule has 2 aliphatic carbocycles. The van der Waals surface area contributed by atoms with Gasteiger partial charge in [-0.15, -0.1) is 0 Å². The summed E-state index contributed by atoms with van der Waals surface area (Å²) in [6.07, 6.45) is 8.97. The molecule has 1 heterocycles. The van der Waals surface area contributed by atoms with E-state index in [0.717, 1.165) is 18.0 Å². The van der Waals surface area contributed by atoms with Crippen molar-refractivity contribution in [3.8, 4) is 0 Å². The van der Waals surface area contributed by atoms with Gasteiger partial charge >= 0.3 is 0 Å². The van der Waals surface area contributed by atoms with Gasteiger partial charge < -0.3 is 9.67 Å². The van der Waals surface area contributed by atoms with Crippen LogP contribution < -0.4 is 0 Å². The molecule has 1 aromatic rings. The van der Waals surface area contributed by atoms with Crippen molar-refractivity contribution < 1.29 is 5.11 Å². The second-order valence-corrected chi connectivity index (χ2v) is 7.44. The molecule has 0 spiro atoms. The fraction of sp³-hybridized carbons (Fsp3) is 0.800. The highest BCUT2D eigenvalue weighted by molar-refractivity contribution is 7.99. The van der Waals surface area contributed by atoms with Crippen molar-refractivity contribution >= 4 is 11.8 Å². The summed E-state index contributed by atoms with van der Waals surface area (Å²) in [4.78, 5) is 4.64. The summed E-state index contributed by atoms with van der Waals surface area (Å²) < 4.78 is 2.44. The van der Waals surface area contributed by atoms with Gasteiger partial charge in [0.05, 0.1) is 6.10 Å². The number of aromatic nitrogens is 2. The Hall–Kier alpha value is -0.480. The van der Waals surface area contributed by atoms with Gasteiger partial charge in [0.25, 0.3) is 0 Å². The molecule has 1 aromatic heterocycles. The lowest BCUT2D eigenvalue weighted by atomic mass is 9.97. The van der Waals surface area contributed by atoms with Gasteiger partial charge in [-0.1, -0.05) is 38.5 Å². The Morgan fingerprint density at radius 2 is 2.00 bits per heavy atom. The Morgan fingerprint density at radius 1 is 1.26 bits per heavy atom. The largest absolute Gasteiger partial charge is 0.392 e. The Morgan fingerprint density at radius 3 is 2.63 bits per heavy atom. The van der Waals surface area contributed by atoms with Crippen molar-refractivity contribution in [2.75, 3.05) is 0 Å². The smallest absolute Gasteiger partial charge is 0.168 e. The number of thioether (sulfide) groups is 1. The van der Waals surface area contributed by atoms with Gasteiger partial charge in [-0.25, -0.2) is 4.98 Å². The van der Waals surface area contributed by atoms with Crippen LogP contribution in [-0.2, 0) is 0 Å². The number of hydrogen-bond acceptors (Lipinski definition) is 3. The average Bonchev–Trinajstić information content (AvgIpc) is 3.13. The van der Waals surface area contributed by atoms with Gasteiger partial charge in [-0.05, 0) is 31.6 Å². The second kappa shape index (κ2) is 5.49. The van der Waals surface area contributed by atoms with E-state index in [1.54, 1.807) is 0 Å². The summed E-state index contributed by atoms with van der Waals surface area (Å²) in [6.45, 7) is 4.47. The van der Waals surface area contributed by atoms with Crippen LogP contribution in [0.15, 0.2) is 11.4 Å². The highest BCUT2D eigenvalue weighted by atomic mass is 32.2. The van der Waals surface area contributed by atoms with E-state index in [2.05, 4.69) is 23.4 Å². The molecule has 0 radical (unpaired) electrons. The van der Waals surface area contributed by atoms with Crippen LogP contribution >= 0.6 is 11.8 Å².